The van der Waals surface area contributed by atoms with Crippen molar-refractivity contribution in [1.82, 2.24) is 4.90 Å². The van der Waals surface area contributed by atoms with Gasteiger partial charge in [0, 0.05) is 17.8 Å². The van der Waals surface area contributed by atoms with Gasteiger partial charge in [0.25, 0.3) is 5.91 Å². The van der Waals surface area contributed by atoms with Crippen molar-refractivity contribution < 1.29 is 14.3 Å². The average Bonchev–Trinajstić information content (AvgIpc) is 2.56. The third kappa shape index (κ3) is 5.71. The summed E-state index contributed by atoms with van der Waals surface area (Å²) in [6, 6.07) is 10.8. The summed E-state index contributed by atoms with van der Waals surface area (Å²) in [6.07, 6.45) is -0.877. The van der Waals surface area contributed by atoms with Gasteiger partial charge >= 0.3 is 0 Å². The van der Waals surface area contributed by atoms with Gasteiger partial charge in [-0.3, -0.25) is 4.79 Å². The largest absolute Gasteiger partial charge is 0.399 e. The summed E-state index contributed by atoms with van der Waals surface area (Å²) in [5.74, 6) is -0.263. The molecule has 26 heavy (non-hydrogen) atoms. The van der Waals surface area contributed by atoms with Crippen LogP contribution in [0.25, 0.3) is 0 Å². The maximum absolute atomic E-state index is 13.0. The van der Waals surface area contributed by atoms with Crippen LogP contribution in [-0.2, 0) is 0 Å². The second-order valence-corrected chi connectivity index (χ2v) is 6.74. The molecule has 0 aromatic heterocycles. The highest BCUT2D eigenvalue weighted by atomic mass is 35.5. The second kappa shape index (κ2) is 9.55. The fourth-order valence-corrected chi connectivity index (χ4v) is 2.67. The Morgan fingerprint density at radius 3 is 2.31 bits per heavy atom. The van der Waals surface area contributed by atoms with Crippen LogP contribution in [-0.4, -0.2) is 29.0 Å². The summed E-state index contributed by atoms with van der Waals surface area (Å²) < 4.78 is 13.0. The maximum atomic E-state index is 13.0. The molecule has 0 heterocycles. The molecule has 1 atom stereocenters. The molecule has 2 aromatic rings. The zero-order valence-corrected chi connectivity index (χ0v) is 16.1. The molecule has 0 aliphatic rings. The fraction of sp³-hybridized carbons (Fsp3) is 0.350. The van der Waals surface area contributed by atoms with E-state index in [-0.39, 0.29) is 36.6 Å². The number of aryl methyl sites for hydroxylation is 1. The number of benzene rings is 2. The predicted molar refractivity (Wildman–Crippen MR) is 105 cm³/mol. The molecule has 0 spiro atoms. The number of carbonyl (C=O) groups is 1. The normalized spacial score (nSPS) is 11.8. The van der Waals surface area contributed by atoms with Crippen LogP contribution in [0, 0.1) is 18.7 Å². The number of halogens is 2. The van der Waals surface area contributed by atoms with Gasteiger partial charge in [-0.1, -0.05) is 26.0 Å². The first-order valence-corrected chi connectivity index (χ1v) is 8.37. The van der Waals surface area contributed by atoms with Crippen LogP contribution in [0.3, 0.4) is 0 Å². The molecule has 4 nitrogen and oxygen atoms in total. The lowest BCUT2D eigenvalue weighted by atomic mass is 10.1. The number of aliphatic hydroxyl groups excluding tert-OH is 1. The van der Waals surface area contributed by atoms with Crippen molar-refractivity contribution >= 4 is 24.0 Å². The minimum Gasteiger partial charge on any atom is -0.399 e. The molecule has 142 valence electrons. The van der Waals surface area contributed by atoms with Gasteiger partial charge in [0.1, 0.15) is 5.82 Å². The number of hydrogen-bond acceptors (Lipinski definition) is 3. The van der Waals surface area contributed by atoms with Crippen LogP contribution in [0.1, 0.15) is 41.4 Å². The summed E-state index contributed by atoms with van der Waals surface area (Å²) >= 11 is 0. The van der Waals surface area contributed by atoms with E-state index in [0.717, 1.165) is 5.56 Å². The topological polar surface area (TPSA) is 66.6 Å². The van der Waals surface area contributed by atoms with Gasteiger partial charge in [0.2, 0.25) is 0 Å². The van der Waals surface area contributed by atoms with Crippen LogP contribution in [0.15, 0.2) is 42.5 Å². The lowest BCUT2D eigenvalue weighted by Crippen LogP contribution is -2.37. The number of aliphatic hydroxyl groups is 1. The maximum Gasteiger partial charge on any atom is 0.253 e. The Hall–Kier alpha value is -2.11. The Bertz CT molecular complexity index is 735. The summed E-state index contributed by atoms with van der Waals surface area (Å²) in [6.45, 7) is 6.54. The molecule has 1 unspecified atom stereocenters. The van der Waals surface area contributed by atoms with E-state index in [9.17, 15) is 14.3 Å². The zero-order valence-electron chi connectivity index (χ0n) is 15.3. The van der Waals surface area contributed by atoms with Gasteiger partial charge < -0.3 is 15.7 Å². The van der Waals surface area contributed by atoms with Crippen LogP contribution < -0.4 is 5.73 Å². The van der Waals surface area contributed by atoms with Crippen molar-refractivity contribution in [3.05, 3.63) is 65.0 Å². The SMILES string of the molecule is Cc1cc(C(=O)N(CC(C)C)CC(O)c2ccc(F)cc2)ccc1N.Cl. The molecule has 0 saturated carbocycles. The molecule has 2 aromatic carbocycles. The minimum absolute atomic E-state index is 0. The zero-order chi connectivity index (χ0) is 18.6. The van der Waals surface area contributed by atoms with Gasteiger partial charge in [0.15, 0.2) is 0 Å². The molecule has 0 aliphatic carbocycles. The van der Waals surface area contributed by atoms with Crippen molar-refractivity contribution in [3.8, 4) is 0 Å². The van der Waals surface area contributed by atoms with E-state index in [1.54, 1.807) is 23.1 Å². The molecular weight excluding hydrogens is 355 g/mol. The minimum atomic E-state index is -0.877. The lowest BCUT2D eigenvalue weighted by molar-refractivity contribution is 0.0594. The van der Waals surface area contributed by atoms with Gasteiger partial charge in [-0.15, -0.1) is 12.4 Å². The third-order valence-electron chi connectivity index (χ3n) is 4.04. The Labute approximate surface area is 160 Å². The van der Waals surface area contributed by atoms with Gasteiger partial charge in [-0.25, -0.2) is 4.39 Å². The molecule has 6 heteroatoms. The van der Waals surface area contributed by atoms with Crippen molar-refractivity contribution in [2.45, 2.75) is 26.9 Å². The Balaban J connectivity index is 0.00000338. The molecule has 1 amide bonds. The van der Waals surface area contributed by atoms with Gasteiger partial charge in [0.05, 0.1) is 12.6 Å². The van der Waals surface area contributed by atoms with Crippen LogP contribution >= 0.6 is 12.4 Å². The number of carbonyl (C=O) groups excluding carboxylic acids is 1. The van der Waals surface area contributed by atoms with E-state index in [2.05, 4.69) is 0 Å². The number of anilines is 1. The van der Waals surface area contributed by atoms with Gasteiger partial charge in [-0.05, 0) is 54.3 Å². The first-order chi connectivity index (χ1) is 11.8. The lowest BCUT2D eigenvalue weighted by Gasteiger charge is -2.27. The highest BCUT2D eigenvalue weighted by molar-refractivity contribution is 5.95. The number of nitrogen functional groups attached to an aromatic ring is 1. The van der Waals surface area contributed by atoms with Crippen LogP contribution in [0.2, 0.25) is 0 Å². The second-order valence-electron chi connectivity index (χ2n) is 6.74. The van der Waals surface area contributed by atoms with Gasteiger partial charge in [-0.2, -0.15) is 0 Å². The van der Waals surface area contributed by atoms with Crippen molar-refractivity contribution in [3.63, 3.8) is 0 Å². The first-order valence-electron chi connectivity index (χ1n) is 8.37. The van der Waals surface area contributed by atoms with Crippen molar-refractivity contribution in [2.75, 3.05) is 18.8 Å². The molecule has 3 N–H and O–H groups in total. The summed E-state index contributed by atoms with van der Waals surface area (Å²) in [5, 5.41) is 10.5. The highest BCUT2D eigenvalue weighted by Gasteiger charge is 2.21. The Morgan fingerprint density at radius 2 is 1.77 bits per heavy atom. The highest BCUT2D eigenvalue weighted by Crippen LogP contribution is 2.19. The van der Waals surface area contributed by atoms with Crippen molar-refractivity contribution in [2.24, 2.45) is 5.92 Å². The fourth-order valence-electron chi connectivity index (χ4n) is 2.67. The molecule has 0 radical (unpaired) electrons. The summed E-state index contributed by atoms with van der Waals surface area (Å²) in [5.41, 5.74) is 8.42. The van der Waals surface area contributed by atoms with E-state index in [4.69, 9.17) is 5.73 Å². The van der Waals surface area contributed by atoms with Crippen LogP contribution in [0.5, 0.6) is 0 Å². The standard InChI is InChI=1S/C20H25FN2O2.ClH/c1-13(2)11-23(12-19(24)15-4-7-17(21)8-5-15)20(25)16-6-9-18(22)14(3)10-16;/h4-10,13,19,24H,11-12,22H2,1-3H3;1H. The quantitative estimate of drug-likeness (QED) is 0.745. The van der Waals surface area contributed by atoms with E-state index in [0.29, 0.717) is 23.4 Å². The number of hydrogen-bond donors (Lipinski definition) is 2. The molecule has 0 fully saturated rings. The van der Waals surface area contributed by atoms with E-state index in [1.807, 2.05) is 20.8 Å². The Morgan fingerprint density at radius 1 is 1.15 bits per heavy atom. The number of rotatable bonds is 6. The summed E-state index contributed by atoms with van der Waals surface area (Å²) in [4.78, 5) is 14.5. The summed E-state index contributed by atoms with van der Waals surface area (Å²) in [7, 11) is 0. The first kappa shape index (κ1) is 21.9. The van der Waals surface area contributed by atoms with Crippen molar-refractivity contribution in [1.29, 1.82) is 0 Å². The molecule has 0 aliphatic heterocycles. The predicted octanol–water partition coefficient (Wildman–Crippen LogP) is 3.97. The number of amides is 1. The smallest absolute Gasteiger partial charge is 0.253 e. The average molecular weight is 381 g/mol. The molecule has 0 saturated heterocycles. The number of nitrogens with zero attached hydrogens (tertiary/aromatic N) is 1. The monoisotopic (exact) mass is 380 g/mol. The molecule has 2 rings (SSSR count). The van der Waals surface area contributed by atoms with Crippen LogP contribution in [0.4, 0.5) is 10.1 Å². The number of nitrogens with two attached hydrogens (primary N) is 1. The Kier molecular flexibility index (Phi) is 8.06. The molecule has 0 bridgehead atoms. The third-order valence-corrected chi connectivity index (χ3v) is 4.04. The van der Waals surface area contributed by atoms with E-state index < -0.39 is 6.10 Å². The molecular formula is C20H26ClFN2O2. The van der Waals surface area contributed by atoms with E-state index >= 15 is 0 Å². The van der Waals surface area contributed by atoms with E-state index in [1.165, 1.54) is 24.3 Å².